The first-order valence-electron chi connectivity index (χ1n) is 5.42. The number of aliphatic hydroxyl groups is 1. The molecule has 2 atom stereocenters. The standard InChI is InChI=1S/C11H13N3O4/c12-10(16)6-1-2-13-9(3-6)14-5-7(15)4-8(14)11(17)18/h1-3,7-8,15H,4-5H2,(H2,12,16)(H,17,18). The molecule has 1 aromatic rings. The number of pyridine rings is 1. The van der Waals surface area contributed by atoms with E-state index in [0.717, 1.165) is 0 Å². The Morgan fingerprint density at radius 2 is 2.22 bits per heavy atom. The maximum absolute atomic E-state index is 11.1. The van der Waals surface area contributed by atoms with Gasteiger partial charge in [-0.15, -0.1) is 0 Å². The van der Waals surface area contributed by atoms with Crippen LogP contribution in [0.5, 0.6) is 0 Å². The number of nitrogens with two attached hydrogens (primary N) is 1. The first kappa shape index (κ1) is 12.3. The molecular weight excluding hydrogens is 238 g/mol. The zero-order valence-corrected chi connectivity index (χ0v) is 9.48. The predicted octanol–water partition coefficient (Wildman–Crippen LogP) is -0.795. The molecule has 7 nitrogen and oxygen atoms in total. The number of carbonyl (C=O) groups excluding carboxylic acids is 1. The molecule has 2 unspecified atom stereocenters. The van der Waals surface area contributed by atoms with Crippen molar-refractivity contribution in [1.29, 1.82) is 0 Å². The Hall–Kier alpha value is -2.15. The molecule has 0 bridgehead atoms. The van der Waals surface area contributed by atoms with Crippen LogP contribution in [0, 0.1) is 0 Å². The van der Waals surface area contributed by atoms with E-state index in [9.17, 15) is 14.7 Å². The summed E-state index contributed by atoms with van der Waals surface area (Å²) in [4.78, 5) is 27.6. The molecule has 7 heteroatoms. The maximum Gasteiger partial charge on any atom is 0.326 e. The van der Waals surface area contributed by atoms with Crippen LogP contribution in [0.25, 0.3) is 0 Å². The molecule has 2 heterocycles. The molecule has 2 rings (SSSR count). The Morgan fingerprint density at radius 1 is 1.50 bits per heavy atom. The Kier molecular flexibility index (Phi) is 3.15. The lowest BCUT2D eigenvalue weighted by atomic mass is 10.2. The smallest absolute Gasteiger partial charge is 0.326 e. The van der Waals surface area contributed by atoms with Crippen molar-refractivity contribution in [3.8, 4) is 0 Å². The van der Waals surface area contributed by atoms with E-state index in [4.69, 9.17) is 10.8 Å². The summed E-state index contributed by atoms with van der Waals surface area (Å²) in [5, 5.41) is 18.6. The van der Waals surface area contributed by atoms with Crippen LogP contribution in [0.15, 0.2) is 18.3 Å². The number of aliphatic carboxylic acids is 1. The van der Waals surface area contributed by atoms with Crippen LogP contribution in [0.4, 0.5) is 5.82 Å². The van der Waals surface area contributed by atoms with Crippen molar-refractivity contribution in [2.45, 2.75) is 18.6 Å². The van der Waals surface area contributed by atoms with Gasteiger partial charge < -0.3 is 20.8 Å². The van der Waals surface area contributed by atoms with E-state index in [1.165, 1.54) is 23.2 Å². The van der Waals surface area contributed by atoms with Gasteiger partial charge in [0, 0.05) is 24.7 Å². The number of carbonyl (C=O) groups is 2. The monoisotopic (exact) mass is 251 g/mol. The highest BCUT2D eigenvalue weighted by atomic mass is 16.4. The van der Waals surface area contributed by atoms with Crippen molar-refractivity contribution in [2.75, 3.05) is 11.4 Å². The largest absolute Gasteiger partial charge is 0.480 e. The van der Waals surface area contributed by atoms with Crippen molar-refractivity contribution < 1.29 is 19.8 Å². The third-order valence-electron chi connectivity index (χ3n) is 2.89. The quantitative estimate of drug-likeness (QED) is 0.647. The highest BCUT2D eigenvalue weighted by Gasteiger charge is 2.36. The molecule has 1 saturated heterocycles. The minimum absolute atomic E-state index is 0.137. The van der Waals surface area contributed by atoms with Crippen LogP contribution in [-0.2, 0) is 4.79 Å². The van der Waals surface area contributed by atoms with Gasteiger partial charge in [0.2, 0.25) is 5.91 Å². The Balaban J connectivity index is 2.32. The lowest BCUT2D eigenvalue weighted by Gasteiger charge is -2.22. The lowest BCUT2D eigenvalue weighted by molar-refractivity contribution is -0.138. The first-order chi connectivity index (χ1) is 8.49. The molecule has 1 amide bonds. The van der Waals surface area contributed by atoms with Gasteiger partial charge in [0.15, 0.2) is 0 Å². The van der Waals surface area contributed by atoms with Crippen molar-refractivity contribution in [3.05, 3.63) is 23.9 Å². The summed E-state index contributed by atoms with van der Waals surface area (Å²) in [5.41, 5.74) is 5.41. The van der Waals surface area contributed by atoms with Gasteiger partial charge in [0.25, 0.3) is 0 Å². The molecule has 0 spiro atoms. The molecule has 18 heavy (non-hydrogen) atoms. The summed E-state index contributed by atoms with van der Waals surface area (Å²) in [7, 11) is 0. The number of amides is 1. The molecule has 1 fully saturated rings. The number of hydrogen-bond donors (Lipinski definition) is 3. The zero-order valence-electron chi connectivity index (χ0n) is 9.48. The number of rotatable bonds is 3. The second kappa shape index (κ2) is 4.61. The molecule has 0 saturated carbocycles. The van der Waals surface area contributed by atoms with E-state index >= 15 is 0 Å². The van der Waals surface area contributed by atoms with Crippen LogP contribution in [0.3, 0.4) is 0 Å². The van der Waals surface area contributed by atoms with Gasteiger partial charge in [-0.3, -0.25) is 4.79 Å². The molecule has 96 valence electrons. The highest BCUT2D eigenvalue weighted by molar-refractivity contribution is 5.93. The third kappa shape index (κ3) is 2.25. The summed E-state index contributed by atoms with van der Waals surface area (Å²) in [6.07, 6.45) is 0.807. The minimum Gasteiger partial charge on any atom is -0.480 e. The number of primary amides is 1. The second-order valence-electron chi connectivity index (χ2n) is 4.16. The zero-order chi connectivity index (χ0) is 13.3. The lowest BCUT2D eigenvalue weighted by Crippen LogP contribution is -2.36. The fourth-order valence-corrected chi connectivity index (χ4v) is 2.03. The molecule has 1 aliphatic heterocycles. The molecule has 1 aromatic heterocycles. The number of carboxylic acid groups (broad SMARTS) is 1. The van der Waals surface area contributed by atoms with Gasteiger partial charge >= 0.3 is 5.97 Å². The van der Waals surface area contributed by atoms with Gasteiger partial charge in [-0.1, -0.05) is 0 Å². The van der Waals surface area contributed by atoms with Gasteiger partial charge in [0.05, 0.1) is 6.10 Å². The highest BCUT2D eigenvalue weighted by Crippen LogP contribution is 2.24. The molecule has 0 radical (unpaired) electrons. The number of β-amino-alcohol motifs (C(OH)–C–C–N with tert-alkyl or cyclic N) is 1. The first-order valence-corrected chi connectivity index (χ1v) is 5.42. The van der Waals surface area contributed by atoms with Crippen molar-refractivity contribution >= 4 is 17.7 Å². The van der Waals surface area contributed by atoms with Crippen molar-refractivity contribution in [2.24, 2.45) is 5.73 Å². The molecule has 0 aromatic carbocycles. The van der Waals surface area contributed by atoms with Crippen molar-refractivity contribution in [1.82, 2.24) is 4.98 Å². The van der Waals surface area contributed by atoms with E-state index in [0.29, 0.717) is 5.82 Å². The van der Waals surface area contributed by atoms with Gasteiger partial charge in [-0.25, -0.2) is 9.78 Å². The predicted molar refractivity (Wildman–Crippen MR) is 62.1 cm³/mol. The molecule has 1 aliphatic rings. The van der Waals surface area contributed by atoms with Gasteiger partial charge in [-0.2, -0.15) is 0 Å². The summed E-state index contributed by atoms with van der Waals surface area (Å²) < 4.78 is 0. The summed E-state index contributed by atoms with van der Waals surface area (Å²) in [5.74, 6) is -1.31. The summed E-state index contributed by atoms with van der Waals surface area (Å²) in [6, 6.07) is 2.04. The third-order valence-corrected chi connectivity index (χ3v) is 2.89. The summed E-state index contributed by atoms with van der Waals surface area (Å²) >= 11 is 0. The van der Waals surface area contributed by atoms with E-state index < -0.39 is 24.0 Å². The normalized spacial score (nSPS) is 23.1. The average Bonchev–Trinajstić information content (AvgIpc) is 2.72. The maximum atomic E-state index is 11.1. The number of aromatic nitrogens is 1. The number of anilines is 1. The number of carboxylic acids is 1. The van der Waals surface area contributed by atoms with Gasteiger partial charge in [-0.05, 0) is 12.1 Å². The molecule has 4 N–H and O–H groups in total. The topological polar surface area (TPSA) is 117 Å². The Bertz CT molecular complexity index is 491. The van der Waals surface area contributed by atoms with Gasteiger partial charge in [0.1, 0.15) is 11.9 Å². The fraction of sp³-hybridized carbons (Fsp3) is 0.364. The SMILES string of the molecule is NC(=O)c1ccnc(N2CC(O)CC2C(=O)O)c1. The van der Waals surface area contributed by atoms with E-state index in [2.05, 4.69) is 4.98 Å². The van der Waals surface area contributed by atoms with E-state index in [1.54, 1.807) is 0 Å². The van der Waals surface area contributed by atoms with Crippen LogP contribution >= 0.6 is 0 Å². The Morgan fingerprint density at radius 3 is 2.83 bits per heavy atom. The van der Waals surface area contributed by atoms with E-state index in [-0.39, 0.29) is 18.5 Å². The number of aliphatic hydroxyl groups excluding tert-OH is 1. The van der Waals surface area contributed by atoms with E-state index in [1.807, 2.05) is 0 Å². The molecule has 0 aliphatic carbocycles. The number of hydrogen-bond acceptors (Lipinski definition) is 5. The summed E-state index contributed by atoms with van der Waals surface area (Å²) in [6.45, 7) is 0.173. The van der Waals surface area contributed by atoms with Crippen LogP contribution < -0.4 is 10.6 Å². The number of nitrogens with zero attached hydrogens (tertiary/aromatic N) is 2. The average molecular weight is 251 g/mol. The fourth-order valence-electron chi connectivity index (χ4n) is 2.03. The van der Waals surface area contributed by atoms with Crippen LogP contribution in [0.1, 0.15) is 16.8 Å². The van der Waals surface area contributed by atoms with Crippen molar-refractivity contribution in [3.63, 3.8) is 0 Å². The minimum atomic E-state index is -1.03. The van der Waals surface area contributed by atoms with Crippen LogP contribution in [-0.4, -0.2) is 45.8 Å². The molecular formula is C11H13N3O4. The second-order valence-corrected chi connectivity index (χ2v) is 4.16. The Labute approximate surface area is 103 Å². The van der Waals surface area contributed by atoms with Crippen LogP contribution in [0.2, 0.25) is 0 Å².